The van der Waals surface area contributed by atoms with E-state index in [1.807, 2.05) is 29.7 Å². The molecule has 3 fully saturated rings. The van der Waals surface area contributed by atoms with Crippen molar-refractivity contribution in [1.82, 2.24) is 24.7 Å². The summed E-state index contributed by atoms with van der Waals surface area (Å²) in [5.74, 6) is 0.572. The molecule has 0 radical (unpaired) electrons. The molecule has 3 aliphatic heterocycles. The molecule has 2 unspecified atom stereocenters. The molecule has 2 aromatic carbocycles. The van der Waals surface area contributed by atoms with E-state index >= 15 is 0 Å². The molecule has 4 heterocycles. The van der Waals surface area contributed by atoms with E-state index in [0.717, 1.165) is 63.1 Å². The Morgan fingerprint density at radius 3 is 2.15 bits per heavy atom. The lowest BCUT2D eigenvalue weighted by atomic mass is 9.70. The fourth-order valence-electron chi connectivity index (χ4n) is 7.64. The van der Waals surface area contributed by atoms with Gasteiger partial charge in [0, 0.05) is 39.3 Å². The Morgan fingerprint density at radius 2 is 1.57 bits per heavy atom. The van der Waals surface area contributed by atoms with E-state index in [0.29, 0.717) is 41.9 Å². The predicted molar refractivity (Wildman–Crippen MR) is 171 cm³/mol. The fourth-order valence-corrected chi connectivity index (χ4v) is 8.16. The molecule has 3 aliphatic rings. The maximum Gasteiger partial charge on any atom is 0.257 e. The van der Waals surface area contributed by atoms with Crippen molar-refractivity contribution in [2.75, 3.05) is 45.8 Å². The Kier molecular flexibility index (Phi) is 8.97. The minimum atomic E-state index is -3.79. The van der Waals surface area contributed by atoms with Gasteiger partial charge in [0.15, 0.2) is 0 Å². The van der Waals surface area contributed by atoms with Gasteiger partial charge >= 0.3 is 0 Å². The number of likely N-dealkylation sites (tertiary alicyclic amines) is 3. The third kappa shape index (κ3) is 6.70. The Hall–Kier alpha value is -3.74. The topological polar surface area (TPSA) is 130 Å². The van der Waals surface area contributed by atoms with Crippen molar-refractivity contribution in [3.63, 3.8) is 0 Å². The lowest BCUT2D eigenvalue weighted by Crippen LogP contribution is -2.47. The predicted octanol–water partition coefficient (Wildman–Crippen LogP) is 3.08. The number of nitrogens with two attached hydrogens (primary N) is 1. The number of carbonyl (C=O) groups excluding carboxylic acids is 2. The van der Waals surface area contributed by atoms with Crippen LogP contribution in [0.4, 0.5) is 4.39 Å². The highest BCUT2D eigenvalue weighted by molar-refractivity contribution is 7.89. The van der Waals surface area contributed by atoms with Crippen LogP contribution in [-0.2, 0) is 26.7 Å². The van der Waals surface area contributed by atoms with Crippen molar-refractivity contribution >= 4 is 21.8 Å². The van der Waals surface area contributed by atoms with E-state index in [-0.39, 0.29) is 34.4 Å². The lowest BCUT2D eigenvalue weighted by molar-refractivity contribution is -0.132. The van der Waals surface area contributed by atoms with Crippen molar-refractivity contribution in [2.45, 2.75) is 49.8 Å². The Bertz CT molecular complexity index is 1690. The molecule has 244 valence electrons. The number of fused-ring (bicyclic) bond motifs is 1. The summed E-state index contributed by atoms with van der Waals surface area (Å²) in [4.78, 5) is 41.3. The third-order valence-corrected chi connectivity index (χ3v) is 11.2. The summed E-state index contributed by atoms with van der Waals surface area (Å²) in [5.41, 5.74) is 3.49. The molecule has 12 heteroatoms. The Morgan fingerprint density at radius 1 is 0.935 bits per heavy atom. The number of hydrogen-bond acceptors (Lipinski definition) is 7. The molecule has 3 aromatic rings. The number of carbonyl (C=O) groups is 2. The molecule has 3 saturated heterocycles. The first-order chi connectivity index (χ1) is 21.9. The Labute approximate surface area is 269 Å². The highest BCUT2D eigenvalue weighted by Crippen LogP contribution is 2.41. The number of aromatic nitrogens is 2. The molecule has 2 N–H and O–H groups in total. The number of hydrogen-bond donors (Lipinski definition) is 1. The van der Waals surface area contributed by atoms with Crippen molar-refractivity contribution in [2.24, 2.45) is 17.0 Å². The van der Waals surface area contributed by atoms with Gasteiger partial charge in [0.05, 0.1) is 28.3 Å². The van der Waals surface area contributed by atoms with E-state index in [1.54, 1.807) is 24.3 Å². The van der Waals surface area contributed by atoms with Crippen molar-refractivity contribution in [1.29, 1.82) is 0 Å². The molecule has 0 saturated carbocycles. The van der Waals surface area contributed by atoms with Gasteiger partial charge in [-0.3, -0.25) is 9.59 Å². The molecule has 2 atom stereocenters. The molecule has 0 spiro atoms. The first-order valence-electron chi connectivity index (χ1n) is 15.9. The smallest absolute Gasteiger partial charge is 0.257 e. The monoisotopic (exact) mass is 648 g/mol. The average molecular weight is 649 g/mol. The van der Waals surface area contributed by atoms with Crippen LogP contribution in [0.3, 0.4) is 0 Å². The molecule has 1 aromatic heterocycles. The molecule has 0 aliphatic carbocycles. The number of aryl methyl sites for hydroxylation is 2. The van der Waals surface area contributed by atoms with E-state index in [4.69, 9.17) is 5.14 Å². The van der Waals surface area contributed by atoms with Crippen molar-refractivity contribution in [3.05, 3.63) is 88.8 Å². The number of rotatable bonds is 8. The number of nitrogens with zero attached hydrogens (tertiary/aromatic N) is 5. The largest absolute Gasteiger partial charge is 0.342 e. The van der Waals surface area contributed by atoms with Gasteiger partial charge in [-0.1, -0.05) is 24.3 Å². The van der Waals surface area contributed by atoms with Crippen molar-refractivity contribution in [3.8, 4) is 0 Å². The lowest BCUT2D eigenvalue weighted by Gasteiger charge is -2.43. The number of amides is 2. The summed E-state index contributed by atoms with van der Waals surface area (Å²) >= 11 is 0. The van der Waals surface area contributed by atoms with Gasteiger partial charge in [-0.2, -0.15) is 0 Å². The first-order valence-corrected chi connectivity index (χ1v) is 17.4. The van der Waals surface area contributed by atoms with Gasteiger partial charge < -0.3 is 14.7 Å². The number of primary sulfonamides is 1. The highest BCUT2D eigenvalue weighted by Gasteiger charge is 2.44. The summed E-state index contributed by atoms with van der Waals surface area (Å²) in [6, 6.07) is 13.0. The molecule has 46 heavy (non-hydrogen) atoms. The Balaban J connectivity index is 1.07. The van der Waals surface area contributed by atoms with E-state index in [9.17, 15) is 22.4 Å². The van der Waals surface area contributed by atoms with Crippen LogP contribution in [0.25, 0.3) is 0 Å². The summed E-state index contributed by atoms with van der Waals surface area (Å²) in [6.45, 7) is 9.00. The van der Waals surface area contributed by atoms with Crippen LogP contribution in [0, 0.1) is 31.5 Å². The van der Waals surface area contributed by atoms with Gasteiger partial charge in [-0.05, 0) is 92.3 Å². The molecule has 10 nitrogen and oxygen atoms in total. The standard InChI is InChI=1S/C34H41FN6O4S/c1-23-32(24(2)38-22-37-23)33(43)41-20-26-18-39(19-27(26)21-41)13-10-34(28-4-3-5-29(35)17-28)11-14-40(15-12-34)31(42)16-25-6-8-30(9-7-25)46(36,44)45/h3-9,17,22,26-27H,10-16,18-21H2,1-2H3,(H2,36,44,45). The average Bonchev–Trinajstić information content (AvgIpc) is 3.59. The van der Waals surface area contributed by atoms with Gasteiger partial charge in [0.2, 0.25) is 15.9 Å². The number of piperidine rings is 1. The normalized spacial score (nSPS) is 21.4. The summed E-state index contributed by atoms with van der Waals surface area (Å²) in [5, 5.41) is 5.19. The quantitative estimate of drug-likeness (QED) is 0.398. The van der Waals surface area contributed by atoms with Crippen LogP contribution in [0.1, 0.15) is 52.1 Å². The zero-order valence-corrected chi connectivity index (χ0v) is 27.2. The van der Waals surface area contributed by atoms with Crippen LogP contribution in [-0.4, -0.2) is 90.7 Å². The minimum absolute atomic E-state index is 0.0152. The summed E-state index contributed by atoms with van der Waals surface area (Å²) in [7, 11) is -3.79. The van der Waals surface area contributed by atoms with E-state index < -0.39 is 10.0 Å². The molecular formula is C34H41FN6O4S. The molecule has 0 bridgehead atoms. The second-order valence-corrected chi connectivity index (χ2v) is 14.8. The van der Waals surface area contributed by atoms with Gasteiger partial charge in [-0.15, -0.1) is 0 Å². The van der Waals surface area contributed by atoms with Gasteiger partial charge in [-0.25, -0.2) is 27.9 Å². The van der Waals surface area contributed by atoms with Crippen LogP contribution in [0.5, 0.6) is 0 Å². The van der Waals surface area contributed by atoms with E-state index in [2.05, 4.69) is 14.9 Å². The number of halogens is 1. The van der Waals surface area contributed by atoms with Gasteiger partial charge in [0.25, 0.3) is 5.91 Å². The maximum atomic E-state index is 14.5. The van der Waals surface area contributed by atoms with Crippen molar-refractivity contribution < 1.29 is 22.4 Å². The SMILES string of the molecule is Cc1ncnc(C)c1C(=O)N1CC2CN(CCC3(c4cccc(F)c4)CCN(C(=O)Cc4ccc(S(N)(=O)=O)cc4)CC3)CC2C1. The summed E-state index contributed by atoms with van der Waals surface area (Å²) in [6.07, 6.45) is 3.98. The first kappa shape index (κ1) is 32.2. The maximum absolute atomic E-state index is 14.5. The highest BCUT2D eigenvalue weighted by atomic mass is 32.2. The van der Waals surface area contributed by atoms with Crippen LogP contribution >= 0.6 is 0 Å². The molecule has 2 amide bonds. The number of sulfonamides is 1. The minimum Gasteiger partial charge on any atom is -0.342 e. The zero-order valence-electron chi connectivity index (χ0n) is 26.4. The third-order valence-electron chi connectivity index (χ3n) is 10.3. The van der Waals surface area contributed by atoms with Crippen LogP contribution in [0.15, 0.2) is 59.8 Å². The van der Waals surface area contributed by atoms with Gasteiger partial charge in [0.1, 0.15) is 12.1 Å². The van der Waals surface area contributed by atoms with Crippen LogP contribution < -0.4 is 5.14 Å². The molecular weight excluding hydrogens is 607 g/mol. The van der Waals surface area contributed by atoms with E-state index in [1.165, 1.54) is 24.5 Å². The van der Waals surface area contributed by atoms with Crippen LogP contribution in [0.2, 0.25) is 0 Å². The second kappa shape index (κ2) is 12.8. The molecule has 6 rings (SSSR count). The second-order valence-electron chi connectivity index (χ2n) is 13.2. The summed E-state index contributed by atoms with van der Waals surface area (Å²) < 4.78 is 37.6. The zero-order chi connectivity index (χ0) is 32.6. The number of benzene rings is 2. The fraction of sp³-hybridized carbons (Fsp3) is 0.471.